The van der Waals surface area contributed by atoms with E-state index in [2.05, 4.69) is 45.1 Å². The highest BCUT2D eigenvalue weighted by molar-refractivity contribution is 4.98. The first kappa shape index (κ1) is 17.8. The molecule has 5 atom stereocenters. The summed E-state index contributed by atoms with van der Waals surface area (Å²) in [6.07, 6.45) is 23.7. The molecule has 2 rings (SSSR count). The molecule has 5 unspecified atom stereocenters. The zero-order chi connectivity index (χ0) is 15.8. The smallest absolute Gasteiger partial charge is 0.0319 e. The quantitative estimate of drug-likeness (QED) is 0.417. The van der Waals surface area contributed by atoms with Gasteiger partial charge in [-0.2, -0.15) is 0 Å². The van der Waals surface area contributed by atoms with Gasteiger partial charge in [-0.3, -0.25) is 0 Å². The van der Waals surface area contributed by atoms with Gasteiger partial charge in [-0.25, -0.2) is 0 Å². The highest BCUT2D eigenvalue weighted by Crippen LogP contribution is 2.53. The molecule has 0 aromatic carbocycles. The lowest BCUT2D eigenvalue weighted by molar-refractivity contribution is 0.159. The average molecular weight is 303 g/mol. The van der Waals surface area contributed by atoms with Crippen LogP contribution < -0.4 is 0 Å². The van der Waals surface area contributed by atoms with Gasteiger partial charge < -0.3 is 0 Å². The van der Waals surface area contributed by atoms with E-state index in [1.165, 1.54) is 64.2 Å². The third kappa shape index (κ3) is 4.74. The van der Waals surface area contributed by atoms with Crippen LogP contribution in [0.5, 0.6) is 0 Å². The molecular weight excluding hydrogens is 264 g/mol. The Bertz CT molecular complexity index is 351. The summed E-state index contributed by atoms with van der Waals surface area (Å²) in [6, 6.07) is 0. The van der Waals surface area contributed by atoms with Crippen molar-refractivity contribution in [1.29, 1.82) is 0 Å². The van der Waals surface area contributed by atoms with Gasteiger partial charge in [0.05, 0.1) is 0 Å². The maximum absolute atomic E-state index is 2.46. The van der Waals surface area contributed by atoms with Crippen LogP contribution in [0, 0.1) is 29.6 Å². The van der Waals surface area contributed by atoms with Crippen LogP contribution in [0.1, 0.15) is 85.0 Å². The number of rotatable bonds is 8. The highest BCUT2D eigenvalue weighted by Gasteiger charge is 2.44. The molecule has 0 bridgehead atoms. The molecule has 22 heavy (non-hydrogen) atoms. The van der Waals surface area contributed by atoms with E-state index in [0.717, 1.165) is 29.6 Å². The van der Waals surface area contributed by atoms with Crippen molar-refractivity contribution < 1.29 is 0 Å². The minimum Gasteiger partial charge on any atom is -0.0917 e. The van der Waals surface area contributed by atoms with E-state index in [1.807, 2.05) is 0 Å². The zero-order valence-corrected chi connectivity index (χ0v) is 15.3. The summed E-state index contributed by atoms with van der Waals surface area (Å²) in [4.78, 5) is 0. The van der Waals surface area contributed by atoms with Gasteiger partial charge in [0.1, 0.15) is 0 Å². The summed E-state index contributed by atoms with van der Waals surface area (Å²) in [5.74, 6) is 5.11. The Hall–Kier alpha value is -0.520. The molecule has 0 radical (unpaired) electrons. The summed E-state index contributed by atoms with van der Waals surface area (Å²) < 4.78 is 0. The van der Waals surface area contributed by atoms with E-state index >= 15 is 0 Å². The summed E-state index contributed by atoms with van der Waals surface area (Å²) in [5, 5.41) is 0. The van der Waals surface area contributed by atoms with E-state index in [0.29, 0.717) is 0 Å². The lowest BCUT2D eigenvalue weighted by atomic mass is 9.71. The van der Waals surface area contributed by atoms with Gasteiger partial charge in [0.25, 0.3) is 0 Å². The molecule has 0 N–H and O–H groups in total. The second-order valence-corrected chi connectivity index (χ2v) is 7.81. The molecule has 2 aliphatic rings. The SMILES string of the molecule is CC=CCC1CC2CCC(CC)CC2C1CCC=CCCC. The Morgan fingerprint density at radius 1 is 0.955 bits per heavy atom. The molecule has 0 aromatic heterocycles. The maximum Gasteiger partial charge on any atom is -0.0319 e. The van der Waals surface area contributed by atoms with Crippen molar-refractivity contribution in [1.82, 2.24) is 0 Å². The van der Waals surface area contributed by atoms with Crippen molar-refractivity contribution >= 4 is 0 Å². The highest BCUT2D eigenvalue weighted by atomic mass is 14.5. The van der Waals surface area contributed by atoms with Crippen molar-refractivity contribution in [2.75, 3.05) is 0 Å². The van der Waals surface area contributed by atoms with Gasteiger partial charge >= 0.3 is 0 Å². The topological polar surface area (TPSA) is 0 Å². The normalized spacial score (nSPS) is 35.5. The molecule has 0 amide bonds. The van der Waals surface area contributed by atoms with Crippen molar-refractivity contribution in [2.45, 2.75) is 85.0 Å². The fourth-order valence-corrected chi connectivity index (χ4v) is 5.18. The molecule has 0 heterocycles. The second-order valence-electron chi connectivity index (χ2n) is 7.81. The lowest BCUT2D eigenvalue weighted by Gasteiger charge is -2.35. The van der Waals surface area contributed by atoms with Gasteiger partial charge in [-0.1, -0.05) is 57.4 Å². The Labute approximate surface area is 139 Å². The fraction of sp³-hybridized carbons (Fsp3) is 0.818. The minimum absolute atomic E-state index is 0.974. The Morgan fingerprint density at radius 2 is 1.77 bits per heavy atom. The summed E-state index contributed by atoms with van der Waals surface area (Å²) >= 11 is 0. The zero-order valence-electron chi connectivity index (χ0n) is 15.3. The number of unbranched alkanes of at least 4 members (excludes halogenated alkanes) is 1. The molecule has 126 valence electrons. The van der Waals surface area contributed by atoms with Gasteiger partial charge in [0.15, 0.2) is 0 Å². The van der Waals surface area contributed by atoms with Crippen LogP contribution in [0.4, 0.5) is 0 Å². The van der Waals surface area contributed by atoms with Crippen LogP contribution in [0.2, 0.25) is 0 Å². The Kier molecular flexibility index (Phi) is 7.76. The van der Waals surface area contributed by atoms with Crippen LogP contribution in [0.15, 0.2) is 24.3 Å². The van der Waals surface area contributed by atoms with Gasteiger partial charge in [0.2, 0.25) is 0 Å². The lowest BCUT2D eigenvalue weighted by Crippen LogP contribution is -2.25. The first-order valence-electron chi connectivity index (χ1n) is 10.1. The minimum atomic E-state index is 0.974. The third-order valence-corrected chi connectivity index (χ3v) is 6.46. The van der Waals surface area contributed by atoms with Crippen LogP contribution >= 0.6 is 0 Å². The number of hydrogen-bond donors (Lipinski definition) is 0. The van der Waals surface area contributed by atoms with Gasteiger partial charge in [-0.05, 0) is 81.5 Å². The van der Waals surface area contributed by atoms with Crippen molar-refractivity contribution in [3.8, 4) is 0 Å². The fourth-order valence-electron chi connectivity index (χ4n) is 5.18. The van der Waals surface area contributed by atoms with Gasteiger partial charge in [-0.15, -0.1) is 0 Å². The van der Waals surface area contributed by atoms with E-state index in [1.54, 1.807) is 0 Å². The number of allylic oxidation sites excluding steroid dienone is 4. The van der Waals surface area contributed by atoms with Crippen LogP contribution in [-0.2, 0) is 0 Å². The monoisotopic (exact) mass is 302 g/mol. The second kappa shape index (κ2) is 9.58. The number of hydrogen-bond acceptors (Lipinski definition) is 0. The molecule has 2 aliphatic carbocycles. The van der Waals surface area contributed by atoms with Crippen molar-refractivity contribution in [2.24, 2.45) is 29.6 Å². The van der Waals surface area contributed by atoms with Crippen LogP contribution in [0.25, 0.3) is 0 Å². The molecule has 2 fully saturated rings. The molecule has 0 nitrogen and oxygen atoms in total. The first-order valence-corrected chi connectivity index (χ1v) is 10.1. The molecule has 0 saturated heterocycles. The average Bonchev–Trinajstić information content (AvgIpc) is 2.89. The summed E-state index contributed by atoms with van der Waals surface area (Å²) in [6.45, 7) is 6.85. The van der Waals surface area contributed by atoms with Crippen LogP contribution in [-0.4, -0.2) is 0 Å². The Balaban J connectivity index is 1.95. The number of fused-ring (bicyclic) bond motifs is 1. The molecule has 0 spiro atoms. The summed E-state index contributed by atoms with van der Waals surface area (Å²) in [5.41, 5.74) is 0. The molecular formula is C22H38. The molecule has 0 aromatic rings. The van der Waals surface area contributed by atoms with E-state index < -0.39 is 0 Å². The molecule has 0 heteroatoms. The summed E-state index contributed by atoms with van der Waals surface area (Å²) in [7, 11) is 0. The first-order chi connectivity index (χ1) is 10.8. The van der Waals surface area contributed by atoms with Crippen molar-refractivity contribution in [3.05, 3.63) is 24.3 Å². The van der Waals surface area contributed by atoms with E-state index in [9.17, 15) is 0 Å². The molecule has 0 aliphatic heterocycles. The van der Waals surface area contributed by atoms with Crippen molar-refractivity contribution in [3.63, 3.8) is 0 Å². The Morgan fingerprint density at radius 3 is 2.50 bits per heavy atom. The standard InChI is InChI=1S/C22H38/c1-4-7-9-10-11-13-21-19(12-8-5-2)17-20-15-14-18(6-3)16-22(20)21/h5,8-10,18-22H,4,6-7,11-17H2,1-3H3. The predicted octanol–water partition coefficient (Wildman–Crippen LogP) is 7.17. The largest absolute Gasteiger partial charge is 0.0917 e. The van der Waals surface area contributed by atoms with Crippen LogP contribution in [0.3, 0.4) is 0 Å². The van der Waals surface area contributed by atoms with Gasteiger partial charge in [0, 0.05) is 0 Å². The predicted molar refractivity (Wildman–Crippen MR) is 98.9 cm³/mol. The molecule has 2 saturated carbocycles. The maximum atomic E-state index is 2.46. The van der Waals surface area contributed by atoms with E-state index in [-0.39, 0.29) is 0 Å². The third-order valence-electron chi connectivity index (χ3n) is 6.46. The van der Waals surface area contributed by atoms with E-state index in [4.69, 9.17) is 0 Å².